The lowest BCUT2D eigenvalue weighted by molar-refractivity contribution is 0.146. The largest absolute Gasteiger partial charge is 0.280 e. The van der Waals surface area contributed by atoms with Crippen molar-refractivity contribution in [2.45, 2.75) is 6.43 Å². The first-order chi connectivity index (χ1) is 5.24. The third-order valence-corrected chi connectivity index (χ3v) is 1.03. The highest BCUT2D eigenvalue weighted by molar-refractivity contribution is 5.21. The monoisotopic (exact) mass is 155 g/mol. The molecule has 0 aliphatic heterocycles. The first-order valence-electron chi connectivity index (χ1n) is 2.74. The molecule has 1 rings (SSSR count). The highest BCUT2D eigenvalue weighted by Gasteiger charge is 2.08. The van der Waals surface area contributed by atoms with Crippen LogP contribution in [0.2, 0.25) is 0 Å². The molecule has 0 radical (unpaired) electrons. The van der Waals surface area contributed by atoms with Crippen LogP contribution in [0.25, 0.3) is 0 Å². The number of nitrogens with zero attached hydrogens (tertiary/aromatic N) is 3. The lowest BCUT2D eigenvalue weighted by Gasteiger charge is -1.95. The Balaban J connectivity index is 3.03. The molecule has 1 heterocycles. The summed E-state index contributed by atoms with van der Waals surface area (Å²) in [5, 5.41) is 8.26. The van der Waals surface area contributed by atoms with Crippen molar-refractivity contribution in [1.29, 1.82) is 5.26 Å². The Labute approximate surface area is 61.3 Å². The molecule has 11 heavy (non-hydrogen) atoms. The molecule has 0 atom stereocenters. The fraction of sp³-hybridized carbons (Fsp3) is 0.167. The number of alkyl halides is 2. The zero-order valence-electron chi connectivity index (χ0n) is 5.33. The van der Waals surface area contributed by atoms with Gasteiger partial charge in [-0.3, -0.25) is 0 Å². The molecule has 0 spiro atoms. The topological polar surface area (TPSA) is 49.6 Å². The van der Waals surface area contributed by atoms with Crippen LogP contribution in [0.1, 0.15) is 17.8 Å². The van der Waals surface area contributed by atoms with Crippen molar-refractivity contribution in [3.05, 3.63) is 23.8 Å². The second kappa shape index (κ2) is 3.01. The Morgan fingerprint density at radius 3 is 2.73 bits per heavy atom. The van der Waals surface area contributed by atoms with Crippen molar-refractivity contribution in [2.24, 2.45) is 0 Å². The van der Waals surface area contributed by atoms with Crippen LogP contribution in [0, 0.1) is 11.3 Å². The molecule has 0 aliphatic rings. The van der Waals surface area contributed by atoms with Gasteiger partial charge >= 0.3 is 0 Å². The summed E-state index contributed by atoms with van der Waals surface area (Å²) in [6.45, 7) is 0. The molecule has 0 N–H and O–H groups in total. The van der Waals surface area contributed by atoms with E-state index in [2.05, 4.69) is 9.97 Å². The van der Waals surface area contributed by atoms with Gasteiger partial charge in [-0.05, 0) is 0 Å². The van der Waals surface area contributed by atoms with E-state index >= 15 is 0 Å². The van der Waals surface area contributed by atoms with Gasteiger partial charge in [0.15, 0.2) is 0 Å². The van der Waals surface area contributed by atoms with Crippen LogP contribution in [0.15, 0.2) is 12.4 Å². The second-order valence-electron chi connectivity index (χ2n) is 1.74. The van der Waals surface area contributed by atoms with Crippen LogP contribution >= 0.6 is 0 Å². The van der Waals surface area contributed by atoms with E-state index in [0.717, 1.165) is 12.4 Å². The van der Waals surface area contributed by atoms with Gasteiger partial charge in [0.25, 0.3) is 6.43 Å². The maximum Gasteiger partial charge on any atom is 0.280 e. The molecule has 0 saturated carbocycles. The summed E-state index contributed by atoms with van der Waals surface area (Å²) in [4.78, 5) is 6.71. The average molecular weight is 155 g/mol. The van der Waals surface area contributed by atoms with E-state index in [1.54, 1.807) is 6.07 Å². The van der Waals surface area contributed by atoms with E-state index in [9.17, 15) is 8.78 Å². The van der Waals surface area contributed by atoms with Gasteiger partial charge in [-0.1, -0.05) is 0 Å². The van der Waals surface area contributed by atoms with Crippen LogP contribution in [0.3, 0.4) is 0 Å². The van der Waals surface area contributed by atoms with Gasteiger partial charge in [0.2, 0.25) is 0 Å². The summed E-state index contributed by atoms with van der Waals surface area (Å²) in [6, 6.07) is 2.60. The molecule has 0 saturated heterocycles. The number of halogens is 2. The molecule has 56 valence electrons. The highest BCUT2D eigenvalue weighted by Crippen LogP contribution is 2.14. The number of hydrogen-bond acceptors (Lipinski definition) is 3. The van der Waals surface area contributed by atoms with Crippen molar-refractivity contribution in [3.8, 4) is 6.07 Å². The van der Waals surface area contributed by atoms with E-state index in [-0.39, 0.29) is 5.69 Å². The Morgan fingerprint density at radius 1 is 1.45 bits per heavy atom. The minimum absolute atomic E-state index is 0.0460. The Kier molecular flexibility index (Phi) is 2.06. The molecular weight excluding hydrogens is 152 g/mol. The number of hydrogen-bond donors (Lipinski definition) is 0. The summed E-state index contributed by atoms with van der Waals surface area (Å²) < 4.78 is 23.8. The summed E-state index contributed by atoms with van der Waals surface area (Å²) in [5.74, 6) is 0. The third-order valence-electron chi connectivity index (χ3n) is 1.03. The maximum absolute atomic E-state index is 11.9. The lowest BCUT2D eigenvalue weighted by atomic mass is 10.3. The SMILES string of the molecule is N#Cc1cc(C(F)F)ncn1. The quantitative estimate of drug-likeness (QED) is 0.613. The van der Waals surface area contributed by atoms with E-state index in [1.165, 1.54) is 0 Å². The Hall–Kier alpha value is -1.57. The molecule has 0 fully saturated rings. The van der Waals surface area contributed by atoms with Crippen LogP contribution in [-0.2, 0) is 0 Å². The number of aromatic nitrogens is 2. The van der Waals surface area contributed by atoms with Crippen LogP contribution in [0.4, 0.5) is 8.78 Å². The zero-order valence-corrected chi connectivity index (χ0v) is 5.33. The van der Waals surface area contributed by atoms with E-state index in [1.807, 2.05) is 0 Å². The fourth-order valence-corrected chi connectivity index (χ4v) is 0.553. The summed E-state index contributed by atoms with van der Waals surface area (Å²) >= 11 is 0. The standard InChI is InChI=1S/C6H3F2N3/c7-6(8)5-1-4(2-9)10-3-11-5/h1,3,6H. The summed E-state index contributed by atoms with van der Waals surface area (Å²) in [6.07, 6.45) is -1.70. The van der Waals surface area contributed by atoms with E-state index in [4.69, 9.17) is 5.26 Å². The minimum Gasteiger partial charge on any atom is -0.235 e. The van der Waals surface area contributed by atoms with Gasteiger partial charge in [-0.2, -0.15) is 5.26 Å². The van der Waals surface area contributed by atoms with Crippen molar-refractivity contribution in [3.63, 3.8) is 0 Å². The van der Waals surface area contributed by atoms with Crippen LogP contribution in [-0.4, -0.2) is 9.97 Å². The molecule has 0 aliphatic carbocycles. The Bertz CT molecular complexity index is 292. The highest BCUT2D eigenvalue weighted by atomic mass is 19.3. The molecule has 0 bridgehead atoms. The predicted octanol–water partition coefficient (Wildman–Crippen LogP) is 1.29. The van der Waals surface area contributed by atoms with Gasteiger partial charge in [-0.25, -0.2) is 18.7 Å². The lowest BCUT2D eigenvalue weighted by Crippen LogP contribution is -1.92. The molecule has 3 nitrogen and oxygen atoms in total. The molecule has 0 aromatic carbocycles. The number of nitriles is 1. The van der Waals surface area contributed by atoms with Gasteiger partial charge in [0, 0.05) is 6.07 Å². The third kappa shape index (κ3) is 1.67. The van der Waals surface area contributed by atoms with Crippen molar-refractivity contribution < 1.29 is 8.78 Å². The average Bonchev–Trinajstić information content (AvgIpc) is 2.05. The van der Waals surface area contributed by atoms with Gasteiger partial charge < -0.3 is 0 Å². The molecule has 1 aromatic heterocycles. The smallest absolute Gasteiger partial charge is 0.235 e. The molecular formula is C6H3F2N3. The first kappa shape index (κ1) is 7.54. The van der Waals surface area contributed by atoms with Crippen molar-refractivity contribution in [1.82, 2.24) is 9.97 Å². The van der Waals surface area contributed by atoms with Crippen molar-refractivity contribution in [2.75, 3.05) is 0 Å². The summed E-state index contributed by atoms with van der Waals surface area (Å²) in [5.41, 5.74) is -0.466. The van der Waals surface area contributed by atoms with Gasteiger partial charge in [0.1, 0.15) is 23.8 Å². The molecule has 1 aromatic rings. The molecule has 0 amide bonds. The van der Waals surface area contributed by atoms with Crippen LogP contribution < -0.4 is 0 Å². The molecule has 5 heteroatoms. The van der Waals surface area contributed by atoms with Gasteiger partial charge in [0.05, 0.1) is 0 Å². The molecule has 0 unspecified atom stereocenters. The van der Waals surface area contributed by atoms with Gasteiger partial charge in [-0.15, -0.1) is 0 Å². The minimum atomic E-state index is -2.65. The Morgan fingerprint density at radius 2 is 2.18 bits per heavy atom. The predicted molar refractivity (Wildman–Crippen MR) is 31.7 cm³/mol. The fourth-order valence-electron chi connectivity index (χ4n) is 0.553. The van der Waals surface area contributed by atoms with Crippen LogP contribution in [0.5, 0.6) is 0 Å². The zero-order chi connectivity index (χ0) is 8.27. The van der Waals surface area contributed by atoms with E-state index in [0.29, 0.717) is 0 Å². The van der Waals surface area contributed by atoms with E-state index < -0.39 is 12.1 Å². The maximum atomic E-state index is 11.9. The summed E-state index contributed by atoms with van der Waals surface area (Å²) in [7, 11) is 0. The first-order valence-corrected chi connectivity index (χ1v) is 2.74. The van der Waals surface area contributed by atoms with Crippen molar-refractivity contribution >= 4 is 0 Å². The number of rotatable bonds is 1. The normalized spacial score (nSPS) is 9.64. The second-order valence-corrected chi connectivity index (χ2v) is 1.74.